The van der Waals surface area contributed by atoms with Gasteiger partial charge in [0.2, 0.25) is 5.91 Å². The van der Waals surface area contributed by atoms with Gasteiger partial charge in [0.25, 0.3) is 0 Å². The molecule has 1 amide bonds. The van der Waals surface area contributed by atoms with E-state index in [1.807, 2.05) is 6.07 Å². The first-order chi connectivity index (χ1) is 12.0. The number of nitrogens with zero attached hydrogens (tertiary/aromatic N) is 2. The van der Waals surface area contributed by atoms with Gasteiger partial charge in [-0.25, -0.2) is 9.37 Å². The molecule has 2 aromatic rings. The minimum atomic E-state index is -0.613. The molecule has 1 aromatic heterocycles. The first-order valence-electron chi connectivity index (χ1n) is 8.04. The lowest BCUT2D eigenvalue weighted by Crippen LogP contribution is -2.09. The fourth-order valence-corrected chi connectivity index (χ4v) is 2.37. The molecule has 0 spiro atoms. The molecule has 3 N–H and O–H groups in total. The molecule has 1 fully saturated rings. The van der Waals surface area contributed by atoms with Crippen LogP contribution in [0.3, 0.4) is 0 Å². The number of hydrogen-bond donors (Lipinski definition) is 3. The van der Waals surface area contributed by atoms with Crippen LogP contribution in [0.5, 0.6) is 0 Å². The van der Waals surface area contributed by atoms with Crippen molar-refractivity contribution in [3.8, 4) is 6.07 Å². The summed E-state index contributed by atoms with van der Waals surface area (Å²) in [6.07, 6.45) is 2.33. The van der Waals surface area contributed by atoms with Crippen LogP contribution in [0.2, 0.25) is 0 Å². The van der Waals surface area contributed by atoms with Gasteiger partial charge in [0.1, 0.15) is 11.9 Å². The molecular formula is C18H18FN5O. The van der Waals surface area contributed by atoms with E-state index in [1.165, 1.54) is 13.0 Å². The van der Waals surface area contributed by atoms with E-state index in [9.17, 15) is 9.18 Å². The molecule has 1 aliphatic rings. The molecule has 0 unspecified atom stereocenters. The lowest BCUT2D eigenvalue weighted by atomic mass is 10.2. The van der Waals surface area contributed by atoms with Crippen LogP contribution in [0, 0.1) is 23.1 Å². The number of nitrogens with one attached hydrogen (secondary N) is 3. The van der Waals surface area contributed by atoms with Crippen molar-refractivity contribution in [1.82, 2.24) is 4.98 Å². The Morgan fingerprint density at radius 3 is 2.76 bits per heavy atom. The van der Waals surface area contributed by atoms with Crippen LogP contribution in [0.1, 0.15) is 25.3 Å². The standard InChI is InChI=1S/C18H18FN5O/c1-11(25)22-14-3-2-4-15(8-14)23-18-16(19)7-13(9-20)17(24-18)21-10-12-5-6-12/h2-4,7-8,12H,5-6,10H2,1H3,(H,22,25)(H2,21,23,24). The summed E-state index contributed by atoms with van der Waals surface area (Å²) in [6.45, 7) is 2.14. The Bertz CT molecular complexity index is 842. The zero-order chi connectivity index (χ0) is 17.8. The van der Waals surface area contributed by atoms with Gasteiger partial charge in [0.05, 0.1) is 5.56 Å². The average molecular weight is 339 g/mol. The van der Waals surface area contributed by atoms with Crippen LogP contribution >= 0.6 is 0 Å². The maximum absolute atomic E-state index is 14.3. The molecule has 128 valence electrons. The second kappa shape index (κ2) is 7.18. The molecule has 1 aliphatic carbocycles. The summed E-state index contributed by atoms with van der Waals surface area (Å²) in [4.78, 5) is 15.4. The topological polar surface area (TPSA) is 89.8 Å². The van der Waals surface area contributed by atoms with Crippen molar-refractivity contribution in [1.29, 1.82) is 5.26 Å². The van der Waals surface area contributed by atoms with Gasteiger partial charge in [-0.2, -0.15) is 5.26 Å². The summed E-state index contributed by atoms with van der Waals surface area (Å²) in [5.74, 6) is 0.197. The van der Waals surface area contributed by atoms with E-state index >= 15 is 0 Å². The number of carbonyl (C=O) groups excluding carboxylic acids is 1. The number of rotatable bonds is 6. The number of amides is 1. The predicted molar refractivity (Wildman–Crippen MR) is 94.2 cm³/mol. The molecule has 3 rings (SSSR count). The minimum Gasteiger partial charge on any atom is -0.369 e. The van der Waals surface area contributed by atoms with Crippen LogP contribution in [-0.2, 0) is 4.79 Å². The largest absolute Gasteiger partial charge is 0.369 e. The molecular weight excluding hydrogens is 321 g/mol. The summed E-state index contributed by atoms with van der Waals surface area (Å²) in [5.41, 5.74) is 1.35. The number of benzene rings is 1. The number of carbonyl (C=O) groups is 1. The van der Waals surface area contributed by atoms with Crippen molar-refractivity contribution in [2.45, 2.75) is 19.8 Å². The van der Waals surface area contributed by atoms with E-state index in [4.69, 9.17) is 5.26 Å². The van der Waals surface area contributed by atoms with E-state index in [-0.39, 0.29) is 17.3 Å². The average Bonchev–Trinajstić information content (AvgIpc) is 3.39. The summed E-state index contributed by atoms with van der Waals surface area (Å²) >= 11 is 0. The Kier molecular flexibility index (Phi) is 4.80. The highest BCUT2D eigenvalue weighted by molar-refractivity contribution is 5.89. The van der Waals surface area contributed by atoms with Crippen molar-refractivity contribution in [2.24, 2.45) is 5.92 Å². The van der Waals surface area contributed by atoms with Crippen LogP contribution in [0.25, 0.3) is 0 Å². The minimum absolute atomic E-state index is 0.0253. The number of halogens is 1. The Morgan fingerprint density at radius 1 is 1.32 bits per heavy atom. The Morgan fingerprint density at radius 2 is 2.08 bits per heavy atom. The first kappa shape index (κ1) is 16.7. The van der Waals surface area contributed by atoms with Crippen molar-refractivity contribution in [2.75, 3.05) is 22.5 Å². The molecule has 1 aromatic carbocycles. The van der Waals surface area contributed by atoms with E-state index in [0.717, 1.165) is 19.4 Å². The van der Waals surface area contributed by atoms with Gasteiger partial charge in [0, 0.05) is 24.8 Å². The monoisotopic (exact) mass is 339 g/mol. The maximum atomic E-state index is 14.3. The lowest BCUT2D eigenvalue weighted by molar-refractivity contribution is -0.114. The van der Waals surface area contributed by atoms with Crippen molar-refractivity contribution in [3.05, 3.63) is 41.7 Å². The van der Waals surface area contributed by atoms with Crippen molar-refractivity contribution in [3.63, 3.8) is 0 Å². The number of pyridine rings is 1. The number of hydrogen-bond acceptors (Lipinski definition) is 5. The number of nitriles is 1. The molecule has 0 saturated heterocycles. The highest BCUT2D eigenvalue weighted by Gasteiger charge is 2.22. The SMILES string of the molecule is CC(=O)Nc1cccc(Nc2nc(NCC3CC3)c(C#N)cc2F)c1. The van der Waals surface area contributed by atoms with Crippen LogP contribution < -0.4 is 16.0 Å². The maximum Gasteiger partial charge on any atom is 0.221 e. The molecule has 1 saturated carbocycles. The molecule has 0 aliphatic heterocycles. The second-order valence-corrected chi connectivity index (χ2v) is 6.04. The van der Waals surface area contributed by atoms with E-state index in [2.05, 4.69) is 20.9 Å². The quantitative estimate of drug-likeness (QED) is 0.748. The van der Waals surface area contributed by atoms with Gasteiger partial charge in [0.15, 0.2) is 11.6 Å². The molecule has 0 atom stereocenters. The van der Waals surface area contributed by atoms with E-state index in [1.54, 1.807) is 24.3 Å². The van der Waals surface area contributed by atoms with Gasteiger partial charge in [-0.3, -0.25) is 4.79 Å². The number of aromatic nitrogens is 1. The Balaban J connectivity index is 1.82. The smallest absolute Gasteiger partial charge is 0.221 e. The summed E-state index contributed by atoms with van der Waals surface area (Å²) in [7, 11) is 0. The van der Waals surface area contributed by atoms with Gasteiger partial charge < -0.3 is 16.0 Å². The van der Waals surface area contributed by atoms with E-state index in [0.29, 0.717) is 23.1 Å². The molecule has 6 nitrogen and oxygen atoms in total. The van der Waals surface area contributed by atoms with Crippen LogP contribution in [0.15, 0.2) is 30.3 Å². The van der Waals surface area contributed by atoms with Crippen LogP contribution in [-0.4, -0.2) is 17.4 Å². The highest BCUT2D eigenvalue weighted by atomic mass is 19.1. The number of anilines is 4. The van der Waals surface area contributed by atoms with Crippen molar-refractivity contribution < 1.29 is 9.18 Å². The van der Waals surface area contributed by atoms with Gasteiger partial charge in [-0.05, 0) is 43.0 Å². The lowest BCUT2D eigenvalue weighted by Gasteiger charge is -2.12. The van der Waals surface area contributed by atoms with E-state index < -0.39 is 5.82 Å². The molecule has 7 heteroatoms. The molecule has 25 heavy (non-hydrogen) atoms. The third-order valence-corrected chi connectivity index (χ3v) is 3.80. The zero-order valence-electron chi connectivity index (χ0n) is 13.8. The van der Waals surface area contributed by atoms with Gasteiger partial charge in [-0.1, -0.05) is 6.07 Å². The third kappa shape index (κ3) is 4.44. The predicted octanol–water partition coefficient (Wildman–Crippen LogP) is 3.62. The summed E-state index contributed by atoms with van der Waals surface area (Å²) in [6, 6.07) is 10.0. The molecule has 1 heterocycles. The van der Waals surface area contributed by atoms with Gasteiger partial charge in [-0.15, -0.1) is 0 Å². The normalized spacial score (nSPS) is 13.0. The zero-order valence-corrected chi connectivity index (χ0v) is 13.8. The fourth-order valence-electron chi connectivity index (χ4n) is 2.37. The highest BCUT2D eigenvalue weighted by Crippen LogP contribution is 2.30. The summed E-state index contributed by atoms with van der Waals surface area (Å²) < 4.78 is 14.3. The third-order valence-electron chi connectivity index (χ3n) is 3.80. The van der Waals surface area contributed by atoms with Crippen LogP contribution in [0.4, 0.5) is 27.4 Å². The van der Waals surface area contributed by atoms with Gasteiger partial charge >= 0.3 is 0 Å². The summed E-state index contributed by atoms with van der Waals surface area (Å²) in [5, 5.41) is 17.8. The Labute approximate surface area is 145 Å². The van der Waals surface area contributed by atoms with Crippen molar-refractivity contribution >= 4 is 28.9 Å². The molecule has 0 bridgehead atoms. The molecule has 0 radical (unpaired) electrons. The Hall–Kier alpha value is -3.14. The fraction of sp³-hybridized carbons (Fsp3) is 0.278. The second-order valence-electron chi connectivity index (χ2n) is 6.04. The first-order valence-corrected chi connectivity index (χ1v) is 8.04.